The van der Waals surface area contributed by atoms with Crippen LogP contribution in [0.25, 0.3) is 34.3 Å². The van der Waals surface area contributed by atoms with Crippen molar-refractivity contribution >= 4 is 32.9 Å². The molecule has 0 spiro atoms. The summed E-state index contributed by atoms with van der Waals surface area (Å²) >= 11 is 0. The van der Waals surface area contributed by atoms with Gasteiger partial charge in [-0.2, -0.15) is 4.21 Å². The van der Waals surface area contributed by atoms with Crippen LogP contribution in [-0.4, -0.2) is 100 Å². The van der Waals surface area contributed by atoms with Crippen LogP contribution in [0.4, 0.5) is 29.2 Å². The summed E-state index contributed by atoms with van der Waals surface area (Å²) in [5.74, 6) is 2.00. The van der Waals surface area contributed by atoms with E-state index in [1.54, 1.807) is 18.5 Å². The fourth-order valence-corrected chi connectivity index (χ4v) is 7.29. The molecule has 6 aromatic heterocycles. The summed E-state index contributed by atoms with van der Waals surface area (Å²) in [4.78, 5) is 37.3. The number of fused-ring (bicyclic) bond motifs is 2. The van der Waals surface area contributed by atoms with Gasteiger partial charge in [0.2, 0.25) is 0 Å². The highest BCUT2D eigenvalue weighted by atomic mass is 32.3. The molecule has 2 aliphatic rings. The number of anilines is 2. The zero-order valence-corrected chi connectivity index (χ0v) is 29.8. The van der Waals surface area contributed by atoms with E-state index in [9.17, 15) is 30.9 Å². The lowest BCUT2D eigenvalue weighted by molar-refractivity contribution is 0.145. The summed E-state index contributed by atoms with van der Waals surface area (Å²) in [6.07, 6.45) is 9.10. The Morgan fingerprint density at radius 3 is 1.68 bits per heavy atom. The first-order valence-electron chi connectivity index (χ1n) is 17.1. The fraction of sp³-hybridized carbons (Fsp3) is 0.394. The quantitative estimate of drug-likeness (QED) is 0.137. The molecule has 2 saturated heterocycles. The van der Waals surface area contributed by atoms with Gasteiger partial charge in [0.05, 0.1) is 24.8 Å². The molecular weight excluding hydrogens is 763 g/mol. The van der Waals surface area contributed by atoms with Crippen molar-refractivity contribution < 1.29 is 30.9 Å². The van der Waals surface area contributed by atoms with E-state index in [4.69, 9.17) is 10.9 Å². The van der Waals surface area contributed by atoms with Crippen LogP contribution in [-0.2, 0) is 10.00 Å². The Labute approximate surface area is 317 Å². The third-order valence-corrected chi connectivity index (χ3v) is 9.71. The predicted molar refractivity (Wildman–Crippen MR) is 200 cm³/mol. The van der Waals surface area contributed by atoms with Gasteiger partial charge in [-0.1, -0.05) is 7.43 Å². The smallest absolute Gasteiger partial charge is 0.281 e. The summed E-state index contributed by atoms with van der Waals surface area (Å²) in [5, 5.41) is 5.01. The second-order valence-electron chi connectivity index (χ2n) is 13.1. The summed E-state index contributed by atoms with van der Waals surface area (Å²) in [6, 6.07) is 3.09. The Hall–Kier alpha value is -5.33. The summed E-state index contributed by atoms with van der Waals surface area (Å²) in [7, 11) is -5.33. The van der Waals surface area contributed by atoms with Gasteiger partial charge < -0.3 is 15.5 Å². The Bertz CT molecular complexity index is 2360. The van der Waals surface area contributed by atoms with Gasteiger partial charge in [-0.25, -0.2) is 67.3 Å². The maximum Gasteiger partial charge on any atom is 0.281 e. The van der Waals surface area contributed by atoms with Crippen molar-refractivity contribution in [3.05, 3.63) is 73.1 Å². The Morgan fingerprint density at radius 2 is 1.21 bits per heavy atom. The number of aromatic nitrogens is 10. The Kier molecular flexibility index (Phi) is 11.5. The molecule has 56 heavy (non-hydrogen) atoms. The minimum Gasteiger partial charge on any atom is -0.355 e. The Balaban J connectivity index is 0.000000189. The van der Waals surface area contributed by atoms with E-state index in [1.165, 1.54) is 46.0 Å². The molecule has 0 aromatic carbocycles. The normalized spacial score (nSPS) is 18.4. The van der Waals surface area contributed by atoms with E-state index in [2.05, 4.69) is 49.5 Å². The number of nitrogens with one attached hydrogen (secondary N) is 1. The third kappa shape index (κ3) is 9.37. The predicted octanol–water partition coefficient (Wildman–Crippen LogP) is 3.92. The number of imidazole rings is 2. The summed E-state index contributed by atoms with van der Waals surface area (Å²) in [6.45, 7) is 2.52. The maximum atomic E-state index is 13.0. The molecule has 0 amide bonds. The standard InChI is InChI=1S/C16H20F2N8O3S.C16H17F2N7.CH4/c17-15(18)11-9-26-12(6-22-14(26)7-21-11)16-20-4-3-13(23-16)25-5-1-2-10(8-25)24-30(19,27,28)29;17-15(18)11-9-25-12(6-22-14(25)7-21-11)16-20-4-3-13(23-16)24-5-1-2-10(19)8-24;/h3-4,6-7,9-10,15H,1-2,5,8H2,(H5,19,24,27,28,29);3-4,6-7,9-10,15H,1-2,5,8,19H2;1H4/t2*10-;/m00./s1. The highest BCUT2D eigenvalue weighted by Gasteiger charge is 2.31. The highest BCUT2D eigenvalue weighted by molar-refractivity contribution is 8.06. The molecule has 0 saturated carbocycles. The van der Waals surface area contributed by atoms with Crippen LogP contribution in [0.15, 0.2) is 61.7 Å². The SMILES string of the molecule is C.NS(=O)(O)(O)N[C@H]1CCCN(c2ccnc(-c3cnc4cnc(C(F)F)cn34)n2)C1.N[C@H]1CCCN(c2ccnc(-c3cnc4cnc(C(F)F)cn34)n2)C1. The molecular formula is C33H41F4N15O3S. The largest absolute Gasteiger partial charge is 0.355 e. The molecule has 8 heterocycles. The molecule has 2 fully saturated rings. The molecule has 0 unspecified atom stereocenters. The first-order chi connectivity index (χ1) is 26.2. The van der Waals surface area contributed by atoms with Gasteiger partial charge in [0.15, 0.2) is 32.9 Å². The number of rotatable bonds is 8. The van der Waals surface area contributed by atoms with Crippen LogP contribution in [0.5, 0.6) is 0 Å². The number of hydrogen-bond acceptors (Lipinski definition) is 12. The van der Waals surface area contributed by atoms with E-state index < -0.39 is 34.6 Å². The average molecular weight is 804 g/mol. The van der Waals surface area contributed by atoms with Crippen molar-refractivity contribution in [2.45, 2.75) is 58.0 Å². The number of piperidine rings is 2. The number of nitrogens with two attached hydrogens (primary N) is 2. The maximum absolute atomic E-state index is 13.0. The van der Waals surface area contributed by atoms with Crippen molar-refractivity contribution in [2.75, 3.05) is 36.0 Å². The van der Waals surface area contributed by atoms with Crippen molar-refractivity contribution in [1.82, 2.24) is 53.4 Å². The van der Waals surface area contributed by atoms with Crippen molar-refractivity contribution in [3.63, 3.8) is 0 Å². The number of halogens is 4. The van der Waals surface area contributed by atoms with E-state index in [1.807, 2.05) is 11.0 Å². The third-order valence-electron chi connectivity index (χ3n) is 8.93. The molecule has 6 aromatic rings. The summed E-state index contributed by atoms with van der Waals surface area (Å²) in [5.41, 5.74) is 7.13. The zero-order valence-electron chi connectivity index (χ0n) is 29.0. The lowest BCUT2D eigenvalue weighted by Crippen LogP contribution is -2.61. The van der Waals surface area contributed by atoms with E-state index in [0.29, 0.717) is 53.7 Å². The van der Waals surface area contributed by atoms with Crippen LogP contribution in [0.1, 0.15) is 57.3 Å². The van der Waals surface area contributed by atoms with Crippen LogP contribution in [0.3, 0.4) is 0 Å². The summed E-state index contributed by atoms with van der Waals surface area (Å²) < 4.78 is 87.4. The van der Waals surface area contributed by atoms with Gasteiger partial charge >= 0.3 is 0 Å². The van der Waals surface area contributed by atoms with Gasteiger partial charge in [0.25, 0.3) is 12.9 Å². The van der Waals surface area contributed by atoms with Crippen molar-refractivity contribution in [2.24, 2.45) is 10.9 Å². The van der Waals surface area contributed by atoms with Crippen LogP contribution in [0, 0.1) is 0 Å². The molecule has 18 nitrogen and oxygen atoms in total. The van der Waals surface area contributed by atoms with Crippen molar-refractivity contribution in [1.29, 1.82) is 0 Å². The number of hydrogen-bond donors (Lipinski definition) is 5. The Morgan fingerprint density at radius 1 is 0.732 bits per heavy atom. The van der Waals surface area contributed by atoms with Crippen LogP contribution >= 0.6 is 0 Å². The molecule has 2 atom stereocenters. The molecule has 8 rings (SSSR count). The van der Waals surface area contributed by atoms with Crippen LogP contribution in [0.2, 0.25) is 0 Å². The topological polar surface area (TPSA) is 240 Å². The average Bonchev–Trinajstić information content (AvgIpc) is 3.78. The van der Waals surface area contributed by atoms with Gasteiger partial charge in [-0.3, -0.25) is 17.9 Å². The van der Waals surface area contributed by atoms with Gasteiger partial charge in [0, 0.05) is 63.1 Å². The van der Waals surface area contributed by atoms with E-state index in [0.717, 1.165) is 31.7 Å². The molecule has 0 radical (unpaired) electrons. The van der Waals surface area contributed by atoms with E-state index >= 15 is 0 Å². The fourth-order valence-electron chi connectivity index (χ4n) is 6.47. The van der Waals surface area contributed by atoms with Gasteiger partial charge in [0.1, 0.15) is 34.4 Å². The number of alkyl halides is 4. The molecule has 300 valence electrons. The molecule has 7 N–H and O–H groups in total. The van der Waals surface area contributed by atoms with Crippen LogP contribution < -0.4 is 25.4 Å². The first kappa shape index (κ1) is 40.3. The van der Waals surface area contributed by atoms with Gasteiger partial charge in [-0.15, -0.1) is 0 Å². The highest BCUT2D eigenvalue weighted by Crippen LogP contribution is 2.26. The lowest BCUT2D eigenvalue weighted by atomic mass is 10.1. The molecule has 0 bridgehead atoms. The second kappa shape index (κ2) is 16.0. The molecule has 2 aliphatic heterocycles. The zero-order chi connectivity index (χ0) is 38.9. The lowest BCUT2D eigenvalue weighted by Gasteiger charge is -2.38. The monoisotopic (exact) mass is 803 g/mol. The first-order valence-corrected chi connectivity index (χ1v) is 19.0. The van der Waals surface area contributed by atoms with E-state index in [-0.39, 0.29) is 31.5 Å². The van der Waals surface area contributed by atoms with Crippen molar-refractivity contribution in [3.8, 4) is 23.0 Å². The molecule has 23 heteroatoms. The van der Waals surface area contributed by atoms with Gasteiger partial charge in [-0.05, 0) is 37.8 Å². The minimum absolute atomic E-state index is 0. The molecule has 0 aliphatic carbocycles. The number of nitrogens with zero attached hydrogens (tertiary/aromatic N) is 12. The minimum atomic E-state index is -5.33. The second-order valence-corrected chi connectivity index (χ2v) is 15.2.